The summed E-state index contributed by atoms with van der Waals surface area (Å²) < 4.78 is 13.8. The van der Waals surface area contributed by atoms with Crippen molar-refractivity contribution in [3.05, 3.63) is 28.2 Å². The predicted molar refractivity (Wildman–Crippen MR) is 38.3 cm³/mol. The maximum Gasteiger partial charge on any atom is 0.277 e. The van der Waals surface area contributed by atoms with Gasteiger partial charge in [-0.05, 0) is 6.92 Å². The molecule has 2 aromatic rings. The minimum Gasteiger partial charge on any atom is -0.310 e. The Labute approximate surface area is 65.8 Å². The normalized spacial score (nSPS) is 10.8. The van der Waals surface area contributed by atoms with Gasteiger partial charge in [0.25, 0.3) is 5.56 Å². The van der Waals surface area contributed by atoms with Crippen LogP contribution < -0.4 is 5.56 Å². The molecule has 12 heavy (non-hydrogen) atoms. The van der Waals surface area contributed by atoms with Gasteiger partial charge in [-0.25, -0.2) is 0 Å². The van der Waals surface area contributed by atoms with Crippen LogP contribution in [0.2, 0.25) is 0 Å². The summed E-state index contributed by atoms with van der Waals surface area (Å²) in [5.41, 5.74) is -0.0294. The maximum absolute atomic E-state index is 12.8. The summed E-state index contributed by atoms with van der Waals surface area (Å²) >= 11 is 0. The van der Waals surface area contributed by atoms with Crippen LogP contribution in [0.1, 0.15) is 5.56 Å². The summed E-state index contributed by atoms with van der Waals surface area (Å²) in [7, 11) is 0. The minimum atomic E-state index is -0.667. The van der Waals surface area contributed by atoms with Crippen LogP contribution >= 0.6 is 0 Å². The monoisotopic (exact) mass is 168 g/mol. The van der Waals surface area contributed by atoms with Gasteiger partial charge in [-0.3, -0.25) is 4.79 Å². The van der Waals surface area contributed by atoms with Crippen LogP contribution in [-0.2, 0) is 0 Å². The van der Waals surface area contributed by atoms with Crippen LogP contribution in [0.3, 0.4) is 0 Å². The number of hydrogen-bond donors (Lipinski definition) is 1. The van der Waals surface area contributed by atoms with E-state index in [0.717, 1.165) is 4.63 Å². The summed E-state index contributed by atoms with van der Waals surface area (Å²) in [5.74, 6) is -0.667. The van der Waals surface area contributed by atoms with Gasteiger partial charge in [0.05, 0.1) is 0 Å². The number of halogens is 1. The molecule has 5 nitrogen and oxygen atoms in total. The molecule has 0 saturated carbocycles. The number of fused-ring (bicyclic) bond motifs is 1. The van der Waals surface area contributed by atoms with Crippen LogP contribution in [-0.4, -0.2) is 19.8 Å². The largest absolute Gasteiger partial charge is 0.310 e. The van der Waals surface area contributed by atoms with Crippen molar-refractivity contribution in [2.45, 2.75) is 6.92 Å². The highest BCUT2D eigenvalue weighted by Gasteiger charge is 2.10. The Morgan fingerprint density at radius 2 is 2.42 bits per heavy atom. The number of nitrogens with zero attached hydrogens (tertiary/aromatic N) is 3. The quantitative estimate of drug-likeness (QED) is 0.595. The second-order valence-corrected chi connectivity index (χ2v) is 2.37. The zero-order valence-corrected chi connectivity index (χ0v) is 6.21. The van der Waals surface area contributed by atoms with Crippen molar-refractivity contribution in [1.29, 1.82) is 0 Å². The fourth-order valence-electron chi connectivity index (χ4n) is 1.01. The van der Waals surface area contributed by atoms with E-state index in [1.54, 1.807) is 0 Å². The molecule has 0 bridgehead atoms. The summed E-state index contributed by atoms with van der Waals surface area (Å²) in [6, 6.07) is 0. The molecule has 0 atom stereocenters. The third-order valence-electron chi connectivity index (χ3n) is 1.62. The fraction of sp³-hybridized carbons (Fsp3) is 0.167. The van der Waals surface area contributed by atoms with E-state index in [-0.39, 0.29) is 16.6 Å². The molecule has 2 aromatic heterocycles. The third-order valence-corrected chi connectivity index (χ3v) is 1.62. The van der Waals surface area contributed by atoms with Gasteiger partial charge in [0.15, 0.2) is 5.52 Å². The lowest BCUT2D eigenvalue weighted by molar-refractivity contribution is 0.552. The van der Waals surface area contributed by atoms with E-state index in [9.17, 15) is 9.18 Å². The lowest BCUT2D eigenvalue weighted by Crippen LogP contribution is -2.11. The molecular weight excluding hydrogens is 163 g/mol. The lowest BCUT2D eigenvalue weighted by Gasteiger charge is -1.87. The Balaban J connectivity index is 3.07. The number of nitrogens with one attached hydrogen (secondary N) is 1. The molecule has 2 rings (SSSR count). The van der Waals surface area contributed by atoms with Crippen molar-refractivity contribution in [2.24, 2.45) is 0 Å². The number of aromatic nitrogens is 4. The molecule has 0 aromatic carbocycles. The van der Waals surface area contributed by atoms with Crippen LogP contribution in [0, 0.1) is 12.9 Å². The molecule has 0 spiro atoms. The number of H-pyrrole nitrogens is 1. The number of hydrogen-bond acceptors (Lipinski definition) is 3. The summed E-state index contributed by atoms with van der Waals surface area (Å²) in [5, 5.41) is 7.03. The highest BCUT2D eigenvalue weighted by atomic mass is 19.1. The van der Waals surface area contributed by atoms with Gasteiger partial charge < -0.3 is 4.98 Å². The Morgan fingerprint density at radius 1 is 1.67 bits per heavy atom. The first-order valence-corrected chi connectivity index (χ1v) is 3.29. The zero-order valence-electron chi connectivity index (χ0n) is 6.21. The van der Waals surface area contributed by atoms with E-state index < -0.39 is 5.95 Å². The van der Waals surface area contributed by atoms with Gasteiger partial charge in [-0.2, -0.15) is 4.39 Å². The third kappa shape index (κ3) is 0.744. The van der Waals surface area contributed by atoms with Crippen molar-refractivity contribution in [3.63, 3.8) is 0 Å². The topological polar surface area (TPSA) is 63.1 Å². The van der Waals surface area contributed by atoms with E-state index in [4.69, 9.17) is 0 Å². The molecule has 0 fully saturated rings. The second-order valence-electron chi connectivity index (χ2n) is 2.37. The Kier molecular flexibility index (Phi) is 1.24. The number of rotatable bonds is 0. The van der Waals surface area contributed by atoms with Crippen molar-refractivity contribution in [2.75, 3.05) is 0 Å². The fourth-order valence-corrected chi connectivity index (χ4v) is 1.01. The van der Waals surface area contributed by atoms with E-state index >= 15 is 0 Å². The van der Waals surface area contributed by atoms with Crippen LogP contribution in [0.4, 0.5) is 4.39 Å². The molecule has 0 aliphatic rings. The average molecular weight is 168 g/mol. The first-order valence-electron chi connectivity index (χ1n) is 3.29. The molecule has 1 N–H and O–H groups in total. The summed E-state index contributed by atoms with van der Waals surface area (Å²) in [4.78, 5) is 13.4. The van der Waals surface area contributed by atoms with Gasteiger partial charge in [-0.15, -0.1) is 14.8 Å². The van der Waals surface area contributed by atoms with Crippen molar-refractivity contribution in [1.82, 2.24) is 19.8 Å². The zero-order chi connectivity index (χ0) is 8.72. The average Bonchev–Trinajstić information content (AvgIpc) is 2.29. The van der Waals surface area contributed by atoms with Crippen LogP contribution in [0.25, 0.3) is 5.52 Å². The summed E-state index contributed by atoms with van der Waals surface area (Å²) in [6.07, 6.45) is 1.17. The molecule has 2 heterocycles. The van der Waals surface area contributed by atoms with E-state index in [2.05, 4.69) is 15.2 Å². The Hall–Kier alpha value is -1.72. The van der Waals surface area contributed by atoms with Crippen LogP contribution in [0.15, 0.2) is 11.1 Å². The van der Waals surface area contributed by atoms with Gasteiger partial charge in [0.1, 0.15) is 6.33 Å². The second kappa shape index (κ2) is 2.13. The summed E-state index contributed by atoms with van der Waals surface area (Å²) in [6.45, 7) is 1.48. The first kappa shape index (κ1) is 6.96. The molecule has 0 amide bonds. The molecule has 6 heteroatoms. The molecule has 0 radical (unpaired) electrons. The highest BCUT2D eigenvalue weighted by Crippen LogP contribution is 2.06. The van der Waals surface area contributed by atoms with Gasteiger partial charge in [0, 0.05) is 5.56 Å². The van der Waals surface area contributed by atoms with Crippen molar-refractivity contribution in [3.8, 4) is 0 Å². The number of aryl methyl sites for hydroxylation is 1. The predicted octanol–water partition coefficient (Wildman–Crippen LogP) is -0.135. The molecule has 0 aliphatic carbocycles. The minimum absolute atomic E-state index is 0.148. The van der Waals surface area contributed by atoms with Gasteiger partial charge in [-0.1, -0.05) is 0 Å². The maximum atomic E-state index is 12.8. The highest BCUT2D eigenvalue weighted by molar-refractivity contribution is 5.49. The molecular formula is C6H5FN4O. The lowest BCUT2D eigenvalue weighted by atomic mass is 10.3. The molecule has 0 unspecified atom stereocenters. The van der Waals surface area contributed by atoms with Gasteiger partial charge >= 0.3 is 0 Å². The Bertz CT molecular complexity index is 486. The van der Waals surface area contributed by atoms with E-state index in [0.29, 0.717) is 0 Å². The van der Waals surface area contributed by atoms with Crippen molar-refractivity contribution >= 4 is 5.52 Å². The molecule has 62 valence electrons. The standard InChI is InChI=1S/C6H5FN4O/c1-3-4-6(12)8-2-9-11(4)10-5(3)7/h2H,1H3,(H,8,9,12). The molecule has 0 aliphatic heterocycles. The van der Waals surface area contributed by atoms with Gasteiger partial charge in [0.2, 0.25) is 5.95 Å². The van der Waals surface area contributed by atoms with Crippen LogP contribution in [0.5, 0.6) is 0 Å². The first-order chi connectivity index (χ1) is 5.70. The SMILES string of the molecule is Cc1c(F)nn2nc[nH]c(=O)c12. The number of aromatic amines is 1. The smallest absolute Gasteiger partial charge is 0.277 e. The van der Waals surface area contributed by atoms with Crippen molar-refractivity contribution < 1.29 is 4.39 Å². The van der Waals surface area contributed by atoms with E-state index in [1.165, 1.54) is 13.3 Å². The Morgan fingerprint density at radius 3 is 3.08 bits per heavy atom. The van der Waals surface area contributed by atoms with E-state index in [1.807, 2.05) is 0 Å². The molecule has 0 saturated heterocycles.